The number of hydrogen-bond donors (Lipinski definition) is 1. The van der Waals surface area contributed by atoms with Gasteiger partial charge in [-0.05, 0) is 26.8 Å². The van der Waals surface area contributed by atoms with Crippen molar-refractivity contribution in [2.75, 3.05) is 0 Å². The van der Waals surface area contributed by atoms with E-state index < -0.39 is 11.6 Å². The molecule has 1 rings (SSSR count). The molecule has 0 fully saturated rings. The van der Waals surface area contributed by atoms with Gasteiger partial charge in [0.25, 0.3) is 0 Å². The molecule has 0 aliphatic carbocycles. The van der Waals surface area contributed by atoms with E-state index in [9.17, 15) is 4.79 Å². The van der Waals surface area contributed by atoms with Crippen LogP contribution < -0.4 is 4.74 Å². The summed E-state index contributed by atoms with van der Waals surface area (Å²) in [4.78, 5) is 14.8. The third-order valence-electron chi connectivity index (χ3n) is 2.00. The van der Waals surface area contributed by atoms with Crippen molar-refractivity contribution in [1.29, 1.82) is 0 Å². The summed E-state index contributed by atoms with van der Waals surface area (Å²) in [5.41, 5.74) is -0.201. The van der Waals surface area contributed by atoms with Crippen molar-refractivity contribution in [1.82, 2.24) is 4.98 Å². The Kier molecular flexibility index (Phi) is 3.19. The number of carboxylic acids is 1. The van der Waals surface area contributed by atoms with Crippen molar-refractivity contribution >= 4 is 5.97 Å². The Morgan fingerprint density at radius 3 is 2.62 bits per heavy atom. The van der Waals surface area contributed by atoms with Crippen LogP contribution in [0.25, 0.3) is 0 Å². The number of pyridine rings is 1. The van der Waals surface area contributed by atoms with Gasteiger partial charge in [-0.3, -0.25) is 0 Å². The van der Waals surface area contributed by atoms with Crippen LogP contribution in [-0.2, 0) is 0 Å². The van der Waals surface area contributed by atoms with Gasteiger partial charge in [0.15, 0.2) is 5.60 Å². The summed E-state index contributed by atoms with van der Waals surface area (Å²) in [5, 5.41) is 8.82. The van der Waals surface area contributed by atoms with E-state index in [1.807, 2.05) is 0 Å². The molecule has 0 aromatic carbocycles. The van der Waals surface area contributed by atoms with Gasteiger partial charge in [-0.25, -0.2) is 9.78 Å². The fourth-order valence-corrected chi connectivity index (χ4v) is 1.11. The second-order valence-electron chi connectivity index (χ2n) is 3.84. The van der Waals surface area contributed by atoms with E-state index >= 15 is 0 Å². The molecular formula is C12H13NO3. The zero-order valence-electron chi connectivity index (χ0n) is 9.44. The van der Waals surface area contributed by atoms with Gasteiger partial charge in [-0.15, -0.1) is 6.42 Å². The Balaban J connectivity index is 2.99. The maximum atomic E-state index is 10.8. The van der Waals surface area contributed by atoms with Crippen LogP contribution in [0.3, 0.4) is 0 Å². The molecule has 0 atom stereocenters. The predicted molar refractivity (Wildman–Crippen MR) is 59.5 cm³/mol. The van der Waals surface area contributed by atoms with Gasteiger partial charge in [-0.1, -0.05) is 5.92 Å². The van der Waals surface area contributed by atoms with E-state index in [0.29, 0.717) is 11.6 Å². The molecule has 1 heterocycles. The number of carboxylic acid groups (broad SMARTS) is 1. The van der Waals surface area contributed by atoms with Gasteiger partial charge in [0, 0.05) is 6.07 Å². The molecule has 0 aliphatic rings. The number of ether oxygens (including phenoxy) is 1. The lowest BCUT2D eigenvalue weighted by molar-refractivity contribution is 0.0695. The number of aromatic carboxylic acids is 1. The van der Waals surface area contributed by atoms with E-state index in [1.165, 1.54) is 12.1 Å². The molecule has 0 radical (unpaired) electrons. The summed E-state index contributed by atoms with van der Waals surface area (Å²) in [6.45, 7) is 5.07. The van der Waals surface area contributed by atoms with Gasteiger partial charge in [0.2, 0.25) is 5.88 Å². The Labute approximate surface area is 94.3 Å². The molecule has 4 heteroatoms. The average molecular weight is 219 g/mol. The number of aryl methyl sites for hydroxylation is 1. The van der Waals surface area contributed by atoms with Gasteiger partial charge in [0.05, 0.1) is 11.3 Å². The first-order chi connectivity index (χ1) is 7.35. The molecule has 0 bridgehead atoms. The lowest BCUT2D eigenvalue weighted by atomic mass is 10.1. The minimum absolute atomic E-state index is 0.158. The SMILES string of the molecule is C#CC(C)(C)Oc1ccc(C(=O)O)c(C)n1. The smallest absolute Gasteiger partial charge is 0.337 e. The highest BCUT2D eigenvalue weighted by atomic mass is 16.5. The monoisotopic (exact) mass is 219 g/mol. The van der Waals surface area contributed by atoms with E-state index in [-0.39, 0.29) is 5.56 Å². The van der Waals surface area contributed by atoms with Crippen LogP contribution in [0.15, 0.2) is 12.1 Å². The molecule has 0 unspecified atom stereocenters. The second kappa shape index (κ2) is 4.23. The zero-order chi connectivity index (χ0) is 12.3. The van der Waals surface area contributed by atoms with Gasteiger partial charge >= 0.3 is 5.97 Å². The molecule has 0 aliphatic heterocycles. The van der Waals surface area contributed by atoms with E-state index in [2.05, 4.69) is 10.9 Å². The Bertz CT molecular complexity index is 458. The van der Waals surface area contributed by atoms with Crippen molar-refractivity contribution in [2.45, 2.75) is 26.4 Å². The highest BCUT2D eigenvalue weighted by molar-refractivity contribution is 5.88. The summed E-state index contributed by atoms with van der Waals surface area (Å²) in [7, 11) is 0. The van der Waals surface area contributed by atoms with Crippen molar-refractivity contribution in [3.63, 3.8) is 0 Å². The van der Waals surface area contributed by atoms with Crippen LogP contribution in [0.4, 0.5) is 0 Å². The highest BCUT2D eigenvalue weighted by Gasteiger charge is 2.17. The first kappa shape index (κ1) is 12.1. The van der Waals surface area contributed by atoms with Crippen LogP contribution >= 0.6 is 0 Å². The molecule has 0 saturated heterocycles. The Morgan fingerprint density at radius 2 is 2.19 bits per heavy atom. The van der Waals surface area contributed by atoms with Gasteiger partial charge in [-0.2, -0.15) is 0 Å². The maximum Gasteiger partial charge on any atom is 0.337 e. The number of aromatic nitrogens is 1. The summed E-state index contributed by atoms with van der Waals surface area (Å²) in [6.07, 6.45) is 5.27. The lowest BCUT2D eigenvalue weighted by Gasteiger charge is -2.19. The number of carbonyl (C=O) groups is 1. The molecule has 16 heavy (non-hydrogen) atoms. The van der Waals surface area contributed by atoms with Crippen molar-refractivity contribution in [3.8, 4) is 18.2 Å². The zero-order valence-corrected chi connectivity index (χ0v) is 9.44. The standard InChI is InChI=1S/C12H13NO3/c1-5-12(3,4)16-10-7-6-9(11(14)15)8(2)13-10/h1,6-7H,2-4H3,(H,14,15). The van der Waals surface area contributed by atoms with Crippen molar-refractivity contribution < 1.29 is 14.6 Å². The molecule has 0 saturated carbocycles. The fourth-order valence-electron chi connectivity index (χ4n) is 1.11. The summed E-state index contributed by atoms with van der Waals surface area (Å²) < 4.78 is 5.43. The topological polar surface area (TPSA) is 59.4 Å². The normalized spacial score (nSPS) is 10.6. The largest absolute Gasteiger partial charge is 0.478 e. The van der Waals surface area contributed by atoms with Crippen LogP contribution in [0.1, 0.15) is 29.9 Å². The quantitative estimate of drug-likeness (QED) is 0.788. The fraction of sp³-hybridized carbons (Fsp3) is 0.333. The summed E-state index contributed by atoms with van der Waals surface area (Å²) in [6, 6.07) is 2.95. The minimum atomic E-state index is -1.01. The van der Waals surface area contributed by atoms with Crippen molar-refractivity contribution in [2.24, 2.45) is 0 Å². The highest BCUT2D eigenvalue weighted by Crippen LogP contribution is 2.17. The molecular weight excluding hydrogens is 206 g/mol. The van der Waals surface area contributed by atoms with Crippen LogP contribution in [0.5, 0.6) is 5.88 Å². The minimum Gasteiger partial charge on any atom is -0.478 e. The predicted octanol–water partition coefficient (Wildman–Crippen LogP) is 1.88. The van der Waals surface area contributed by atoms with Gasteiger partial charge < -0.3 is 9.84 Å². The number of nitrogens with zero attached hydrogens (tertiary/aromatic N) is 1. The molecule has 1 aromatic rings. The third-order valence-corrected chi connectivity index (χ3v) is 2.00. The van der Waals surface area contributed by atoms with Crippen LogP contribution in [0, 0.1) is 19.3 Å². The number of hydrogen-bond acceptors (Lipinski definition) is 3. The number of rotatable bonds is 3. The first-order valence-electron chi connectivity index (χ1n) is 4.73. The lowest BCUT2D eigenvalue weighted by Crippen LogP contribution is -2.26. The summed E-state index contributed by atoms with van der Waals surface area (Å²) in [5.74, 6) is 1.79. The molecule has 1 aromatic heterocycles. The number of terminal acetylenes is 1. The van der Waals surface area contributed by atoms with Crippen LogP contribution in [-0.4, -0.2) is 21.7 Å². The second-order valence-corrected chi connectivity index (χ2v) is 3.84. The maximum absolute atomic E-state index is 10.8. The third kappa shape index (κ3) is 2.74. The van der Waals surface area contributed by atoms with E-state index in [1.54, 1.807) is 20.8 Å². The Hall–Kier alpha value is -2.02. The van der Waals surface area contributed by atoms with E-state index in [4.69, 9.17) is 16.3 Å². The first-order valence-corrected chi connectivity index (χ1v) is 4.73. The summed E-state index contributed by atoms with van der Waals surface area (Å²) >= 11 is 0. The molecule has 0 amide bonds. The molecule has 84 valence electrons. The van der Waals surface area contributed by atoms with Gasteiger partial charge in [0.1, 0.15) is 0 Å². The molecule has 4 nitrogen and oxygen atoms in total. The Morgan fingerprint density at radius 1 is 1.56 bits per heavy atom. The van der Waals surface area contributed by atoms with Crippen LogP contribution in [0.2, 0.25) is 0 Å². The average Bonchev–Trinajstić information content (AvgIpc) is 2.16. The molecule has 1 N–H and O–H groups in total. The van der Waals surface area contributed by atoms with Crippen molar-refractivity contribution in [3.05, 3.63) is 23.4 Å². The van der Waals surface area contributed by atoms with E-state index in [0.717, 1.165) is 0 Å². The molecule has 0 spiro atoms.